The van der Waals surface area contributed by atoms with E-state index in [0.29, 0.717) is 36.5 Å². The van der Waals surface area contributed by atoms with Crippen LogP contribution in [0.1, 0.15) is 18.5 Å². The summed E-state index contributed by atoms with van der Waals surface area (Å²) in [5.74, 6) is 0.836. The quantitative estimate of drug-likeness (QED) is 0.600. The van der Waals surface area contributed by atoms with Crippen LogP contribution in [0.5, 0.6) is 11.6 Å². The molecule has 1 aliphatic rings. The van der Waals surface area contributed by atoms with Gasteiger partial charge in [0, 0.05) is 13.0 Å². The van der Waals surface area contributed by atoms with Crippen LogP contribution < -0.4 is 14.8 Å². The minimum absolute atomic E-state index is 0.178. The van der Waals surface area contributed by atoms with Crippen LogP contribution in [0, 0.1) is 0 Å². The molecule has 1 fully saturated rings. The summed E-state index contributed by atoms with van der Waals surface area (Å²) < 4.78 is 16.3. The first-order valence-electron chi connectivity index (χ1n) is 8.58. The summed E-state index contributed by atoms with van der Waals surface area (Å²) in [6.45, 7) is 4.31. The molecule has 0 aliphatic carbocycles. The maximum atomic E-state index is 11.7. The average molecular weight is 357 g/mol. The van der Waals surface area contributed by atoms with Gasteiger partial charge in [0.2, 0.25) is 5.88 Å². The van der Waals surface area contributed by atoms with Crippen LogP contribution in [0.25, 0.3) is 11.0 Å². The lowest BCUT2D eigenvalue weighted by Crippen LogP contribution is -2.31. The summed E-state index contributed by atoms with van der Waals surface area (Å²) in [6.07, 6.45) is 3.64. The Morgan fingerprint density at radius 2 is 2.23 bits per heavy atom. The molecular formula is C19H23N3O4. The molecule has 1 aliphatic heterocycles. The summed E-state index contributed by atoms with van der Waals surface area (Å²) in [5, 5.41) is 3.11. The predicted molar refractivity (Wildman–Crippen MR) is 97.4 cm³/mol. The lowest BCUT2D eigenvalue weighted by atomic mass is 10.2. The van der Waals surface area contributed by atoms with Crippen molar-refractivity contribution in [1.29, 1.82) is 0 Å². The van der Waals surface area contributed by atoms with Gasteiger partial charge in [-0.2, -0.15) is 0 Å². The molecule has 0 radical (unpaired) electrons. The van der Waals surface area contributed by atoms with E-state index in [1.165, 1.54) is 7.11 Å². The molecule has 0 amide bonds. The molecule has 1 N–H and O–H groups in total. The van der Waals surface area contributed by atoms with Crippen LogP contribution in [0.2, 0.25) is 0 Å². The van der Waals surface area contributed by atoms with Gasteiger partial charge in [0.1, 0.15) is 29.1 Å². The number of ether oxygens (including phenoxy) is 3. The van der Waals surface area contributed by atoms with Crippen molar-refractivity contribution in [3.63, 3.8) is 0 Å². The molecule has 26 heavy (non-hydrogen) atoms. The summed E-state index contributed by atoms with van der Waals surface area (Å²) in [6, 6.07) is 5.27. The highest BCUT2D eigenvalue weighted by atomic mass is 16.5. The zero-order chi connectivity index (χ0) is 18.5. The molecule has 0 bridgehead atoms. The minimum atomic E-state index is -0.357. The van der Waals surface area contributed by atoms with Crippen LogP contribution in [0.3, 0.4) is 0 Å². The number of methoxy groups -OCH3 is 2. The maximum absolute atomic E-state index is 11.7. The van der Waals surface area contributed by atoms with E-state index in [1.807, 2.05) is 24.3 Å². The van der Waals surface area contributed by atoms with Crippen molar-refractivity contribution >= 4 is 17.0 Å². The number of aryl methyl sites for hydroxylation is 1. The standard InChI is InChI=1S/C19H23N3O4/c1-4-5-7-14-18(26-12-10-15(20-11-12)19(23)25-3)22-17-13(21-14)8-6-9-16(17)24-2/h4,6,8-9,12,15,20H,1,5,7,10-11H2,2-3H3/t12-,15+/m1/s1. The highest BCUT2D eigenvalue weighted by Gasteiger charge is 2.32. The second-order valence-electron chi connectivity index (χ2n) is 6.09. The Morgan fingerprint density at radius 1 is 1.38 bits per heavy atom. The molecule has 2 atom stereocenters. The van der Waals surface area contributed by atoms with Gasteiger partial charge in [-0.05, 0) is 25.0 Å². The van der Waals surface area contributed by atoms with Gasteiger partial charge in [-0.25, -0.2) is 9.97 Å². The first-order chi connectivity index (χ1) is 12.7. The molecule has 0 spiro atoms. The Hall–Kier alpha value is -2.67. The van der Waals surface area contributed by atoms with Gasteiger partial charge in [-0.1, -0.05) is 12.1 Å². The van der Waals surface area contributed by atoms with E-state index in [-0.39, 0.29) is 18.1 Å². The number of fused-ring (bicyclic) bond motifs is 1. The number of nitrogens with zero attached hydrogens (tertiary/aromatic N) is 2. The van der Waals surface area contributed by atoms with E-state index in [1.54, 1.807) is 7.11 Å². The first-order valence-corrected chi connectivity index (χ1v) is 8.58. The third-order valence-electron chi connectivity index (χ3n) is 4.35. The van der Waals surface area contributed by atoms with E-state index in [4.69, 9.17) is 19.2 Å². The molecule has 2 heterocycles. The smallest absolute Gasteiger partial charge is 0.323 e. The van der Waals surface area contributed by atoms with Crippen molar-refractivity contribution in [2.45, 2.75) is 31.4 Å². The third kappa shape index (κ3) is 3.77. The van der Waals surface area contributed by atoms with Crippen LogP contribution in [0.4, 0.5) is 0 Å². The number of hydrogen-bond donors (Lipinski definition) is 1. The van der Waals surface area contributed by atoms with Crippen LogP contribution in [-0.2, 0) is 16.0 Å². The van der Waals surface area contributed by atoms with Gasteiger partial charge in [0.15, 0.2) is 0 Å². The number of aromatic nitrogens is 2. The fourth-order valence-corrected chi connectivity index (χ4v) is 3.01. The Morgan fingerprint density at radius 3 is 2.96 bits per heavy atom. The van der Waals surface area contributed by atoms with Crippen LogP contribution in [-0.4, -0.2) is 48.8 Å². The molecular weight excluding hydrogens is 334 g/mol. The van der Waals surface area contributed by atoms with Crippen molar-refractivity contribution in [3.05, 3.63) is 36.5 Å². The maximum Gasteiger partial charge on any atom is 0.323 e. The van der Waals surface area contributed by atoms with Crippen molar-refractivity contribution < 1.29 is 19.0 Å². The van der Waals surface area contributed by atoms with Crippen molar-refractivity contribution in [2.75, 3.05) is 20.8 Å². The van der Waals surface area contributed by atoms with E-state index < -0.39 is 0 Å². The van der Waals surface area contributed by atoms with Crippen molar-refractivity contribution in [3.8, 4) is 11.6 Å². The zero-order valence-corrected chi connectivity index (χ0v) is 15.0. The number of carbonyl (C=O) groups is 1. The molecule has 1 saturated heterocycles. The number of rotatable bonds is 7. The fraction of sp³-hybridized carbons (Fsp3) is 0.421. The topological polar surface area (TPSA) is 82.6 Å². The van der Waals surface area contributed by atoms with E-state index in [9.17, 15) is 4.79 Å². The molecule has 7 heteroatoms. The Kier molecular flexibility index (Phi) is 5.68. The summed E-state index contributed by atoms with van der Waals surface area (Å²) in [4.78, 5) is 21.1. The SMILES string of the molecule is C=CCCc1nc2cccc(OC)c2nc1O[C@H]1CN[C@H](C(=O)OC)C1. The molecule has 0 saturated carbocycles. The average Bonchev–Trinajstić information content (AvgIpc) is 3.13. The highest BCUT2D eigenvalue weighted by molar-refractivity contribution is 5.81. The molecule has 3 rings (SSSR count). The third-order valence-corrected chi connectivity index (χ3v) is 4.35. The van der Waals surface area contributed by atoms with Gasteiger partial charge in [-0.3, -0.25) is 4.79 Å². The van der Waals surface area contributed by atoms with E-state index in [2.05, 4.69) is 16.9 Å². The highest BCUT2D eigenvalue weighted by Crippen LogP contribution is 2.28. The lowest BCUT2D eigenvalue weighted by molar-refractivity contribution is -0.142. The summed E-state index contributed by atoms with van der Waals surface area (Å²) >= 11 is 0. The Labute approximate surface area is 152 Å². The van der Waals surface area contributed by atoms with Gasteiger partial charge in [0.05, 0.1) is 19.7 Å². The van der Waals surface area contributed by atoms with Crippen molar-refractivity contribution in [2.24, 2.45) is 0 Å². The largest absolute Gasteiger partial charge is 0.494 e. The number of nitrogens with one attached hydrogen (secondary N) is 1. The van der Waals surface area contributed by atoms with E-state index in [0.717, 1.165) is 17.6 Å². The van der Waals surface area contributed by atoms with Gasteiger partial charge >= 0.3 is 5.97 Å². The number of benzene rings is 1. The number of esters is 1. The first kappa shape index (κ1) is 18.1. The molecule has 7 nitrogen and oxygen atoms in total. The van der Waals surface area contributed by atoms with E-state index >= 15 is 0 Å². The van der Waals surface area contributed by atoms with Crippen molar-refractivity contribution in [1.82, 2.24) is 15.3 Å². The zero-order valence-electron chi connectivity index (χ0n) is 15.0. The molecule has 1 aromatic carbocycles. The second-order valence-corrected chi connectivity index (χ2v) is 6.09. The van der Waals surface area contributed by atoms with Gasteiger partial charge < -0.3 is 19.5 Å². The summed E-state index contributed by atoms with van der Waals surface area (Å²) in [5.41, 5.74) is 2.18. The number of para-hydroxylation sites is 1. The molecule has 1 aromatic heterocycles. The molecule has 2 aromatic rings. The predicted octanol–water partition coefficient (Wildman–Crippen LogP) is 2.04. The number of allylic oxidation sites excluding steroid dienone is 1. The Bertz CT molecular complexity index is 809. The fourth-order valence-electron chi connectivity index (χ4n) is 3.01. The molecule has 138 valence electrons. The lowest BCUT2D eigenvalue weighted by Gasteiger charge is -2.16. The number of hydrogen-bond acceptors (Lipinski definition) is 7. The normalized spacial score (nSPS) is 19.3. The Balaban J connectivity index is 1.89. The molecule has 0 unspecified atom stereocenters. The van der Waals surface area contributed by atoms with Gasteiger partial charge in [-0.15, -0.1) is 6.58 Å². The minimum Gasteiger partial charge on any atom is -0.494 e. The van der Waals surface area contributed by atoms with Crippen LogP contribution >= 0.6 is 0 Å². The monoisotopic (exact) mass is 357 g/mol. The second kappa shape index (κ2) is 8.14. The number of carbonyl (C=O) groups excluding carboxylic acids is 1. The summed E-state index contributed by atoms with van der Waals surface area (Å²) in [7, 11) is 2.98. The van der Waals surface area contributed by atoms with Crippen LogP contribution in [0.15, 0.2) is 30.9 Å². The van der Waals surface area contributed by atoms with Gasteiger partial charge in [0.25, 0.3) is 0 Å².